The first kappa shape index (κ1) is 19.5. The molecule has 2 rings (SSSR count). The smallest absolute Gasteiger partial charge is 0.216 e. The molecule has 0 saturated carbocycles. The molecule has 1 N–H and O–H groups in total. The van der Waals surface area contributed by atoms with E-state index in [9.17, 15) is 18.8 Å². The summed E-state index contributed by atoms with van der Waals surface area (Å²) in [6.45, 7) is 2.09. The average molecular weight is 487 g/mol. The maximum atomic E-state index is 12.6. The third-order valence-electron chi connectivity index (χ3n) is 3.17. The zero-order chi connectivity index (χ0) is 18.6. The van der Waals surface area contributed by atoms with Crippen LogP contribution in [0.4, 0.5) is 0 Å². The maximum absolute atomic E-state index is 12.6. The number of ether oxygens (including phenoxy) is 1. The lowest BCUT2D eigenvalue weighted by atomic mass is 10.2. The highest BCUT2D eigenvalue weighted by Gasteiger charge is 2.21. The van der Waals surface area contributed by atoms with Gasteiger partial charge in [0.25, 0.3) is 0 Å². The van der Waals surface area contributed by atoms with E-state index in [0.29, 0.717) is 16.6 Å². The Morgan fingerprint density at radius 3 is 2.48 bits per heavy atom. The van der Waals surface area contributed by atoms with Crippen LogP contribution in [0, 0.1) is 11.3 Å². The van der Waals surface area contributed by atoms with Crippen molar-refractivity contribution in [2.24, 2.45) is 0 Å². The standard InChI is InChI=1S/C17H13Br2NO4S/c1-2-24-16-9-11(8-15(19)17(16)21)7-14(10-20)25(22,23)13-5-3-12(18)4-6-13/h3-9,21H,2H2,1H3/b14-7+. The van der Waals surface area contributed by atoms with Gasteiger partial charge in [-0.2, -0.15) is 5.26 Å². The number of sulfone groups is 1. The van der Waals surface area contributed by atoms with Crippen LogP contribution in [0.15, 0.2) is 55.1 Å². The normalized spacial score (nSPS) is 11.8. The number of hydrogen-bond acceptors (Lipinski definition) is 5. The van der Waals surface area contributed by atoms with Crippen molar-refractivity contribution in [3.05, 3.63) is 55.8 Å². The molecule has 130 valence electrons. The summed E-state index contributed by atoms with van der Waals surface area (Å²) in [5.41, 5.74) is 0.408. The molecule has 0 aliphatic carbocycles. The van der Waals surface area contributed by atoms with Crippen LogP contribution in [0.3, 0.4) is 0 Å². The minimum atomic E-state index is -3.95. The molecular formula is C17H13Br2NO4S. The van der Waals surface area contributed by atoms with Crippen LogP contribution >= 0.6 is 31.9 Å². The maximum Gasteiger partial charge on any atom is 0.216 e. The summed E-state index contributed by atoms with van der Waals surface area (Å²) < 4.78 is 31.7. The Bertz CT molecular complexity index is 961. The SMILES string of the molecule is CCOc1cc(/C=C(\C#N)S(=O)(=O)c2ccc(Br)cc2)cc(Br)c1O. The molecule has 0 atom stereocenters. The van der Waals surface area contributed by atoms with Crippen molar-refractivity contribution in [2.75, 3.05) is 6.61 Å². The summed E-state index contributed by atoms with van der Waals surface area (Å²) in [6, 6.07) is 10.7. The second-order valence-corrected chi connectivity index (χ2v) is 8.55. The summed E-state index contributed by atoms with van der Waals surface area (Å²) in [6.07, 6.45) is 1.24. The van der Waals surface area contributed by atoms with Crippen LogP contribution in [0.5, 0.6) is 11.5 Å². The molecule has 2 aromatic rings. The van der Waals surface area contributed by atoms with Crippen molar-refractivity contribution in [3.8, 4) is 17.6 Å². The van der Waals surface area contributed by atoms with Gasteiger partial charge in [0.1, 0.15) is 11.0 Å². The highest BCUT2D eigenvalue weighted by atomic mass is 79.9. The number of nitriles is 1. The molecule has 0 aromatic heterocycles. The zero-order valence-corrected chi connectivity index (χ0v) is 17.0. The van der Waals surface area contributed by atoms with Crippen LogP contribution < -0.4 is 4.74 Å². The van der Waals surface area contributed by atoms with E-state index in [1.54, 1.807) is 25.1 Å². The summed E-state index contributed by atoms with van der Waals surface area (Å²) in [5, 5.41) is 19.3. The Labute approximate surface area is 162 Å². The van der Waals surface area contributed by atoms with E-state index >= 15 is 0 Å². The number of rotatable bonds is 5. The Kier molecular flexibility index (Phi) is 6.27. The molecule has 0 amide bonds. The van der Waals surface area contributed by atoms with Crippen LogP contribution in [0.1, 0.15) is 12.5 Å². The molecule has 0 spiro atoms. The Morgan fingerprint density at radius 2 is 1.92 bits per heavy atom. The topological polar surface area (TPSA) is 87.4 Å². The third kappa shape index (κ3) is 4.42. The van der Waals surface area contributed by atoms with E-state index in [-0.39, 0.29) is 16.4 Å². The quantitative estimate of drug-likeness (QED) is 0.621. The molecule has 2 aromatic carbocycles. The molecule has 0 radical (unpaired) electrons. The molecule has 0 saturated heterocycles. The molecule has 0 bridgehead atoms. The fourth-order valence-corrected chi connectivity index (χ4v) is 3.89. The van der Waals surface area contributed by atoms with Crippen molar-refractivity contribution in [1.82, 2.24) is 0 Å². The molecule has 0 heterocycles. The molecule has 5 nitrogen and oxygen atoms in total. The minimum Gasteiger partial charge on any atom is -0.503 e. The zero-order valence-electron chi connectivity index (χ0n) is 13.0. The number of hydrogen-bond donors (Lipinski definition) is 1. The highest BCUT2D eigenvalue weighted by Crippen LogP contribution is 2.36. The molecule has 0 unspecified atom stereocenters. The van der Waals surface area contributed by atoms with E-state index in [1.165, 1.54) is 30.3 Å². The molecule has 0 aliphatic rings. The lowest BCUT2D eigenvalue weighted by molar-refractivity contribution is 0.317. The van der Waals surface area contributed by atoms with E-state index < -0.39 is 14.7 Å². The van der Waals surface area contributed by atoms with E-state index in [0.717, 1.165) is 4.47 Å². The van der Waals surface area contributed by atoms with E-state index in [2.05, 4.69) is 31.9 Å². The second-order valence-electron chi connectivity index (χ2n) is 4.86. The third-order valence-corrected chi connectivity index (χ3v) is 5.99. The number of phenolic OH excluding ortho intramolecular Hbond substituents is 1. The second kappa shape index (κ2) is 8.04. The lowest BCUT2D eigenvalue weighted by Crippen LogP contribution is -2.03. The van der Waals surface area contributed by atoms with Gasteiger partial charge in [-0.3, -0.25) is 0 Å². The summed E-state index contributed by atoms with van der Waals surface area (Å²) in [7, 11) is -3.95. The first-order valence-electron chi connectivity index (χ1n) is 7.07. The van der Waals surface area contributed by atoms with Crippen molar-refractivity contribution in [2.45, 2.75) is 11.8 Å². The van der Waals surface area contributed by atoms with Gasteiger partial charge in [0.2, 0.25) is 9.84 Å². The Morgan fingerprint density at radius 1 is 1.28 bits per heavy atom. The monoisotopic (exact) mass is 485 g/mol. The summed E-state index contributed by atoms with van der Waals surface area (Å²) >= 11 is 6.43. The number of benzene rings is 2. The van der Waals surface area contributed by atoms with Crippen LogP contribution in [0.25, 0.3) is 6.08 Å². The minimum absolute atomic E-state index is 0.0198. The van der Waals surface area contributed by atoms with Gasteiger partial charge in [-0.25, -0.2) is 8.42 Å². The number of allylic oxidation sites excluding steroid dienone is 1. The fraction of sp³-hybridized carbons (Fsp3) is 0.118. The number of aromatic hydroxyl groups is 1. The van der Waals surface area contributed by atoms with Crippen molar-refractivity contribution in [1.29, 1.82) is 5.26 Å². The number of phenols is 1. The van der Waals surface area contributed by atoms with Gasteiger partial charge >= 0.3 is 0 Å². The average Bonchev–Trinajstić information content (AvgIpc) is 2.57. The summed E-state index contributed by atoms with van der Waals surface area (Å²) in [4.78, 5) is -0.388. The molecule has 25 heavy (non-hydrogen) atoms. The van der Waals surface area contributed by atoms with Crippen LogP contribution in [-0.2, 0) is 9.84 Å². The van der Waals surface area contributed by atoms with Gasteiger partial charge in [0, 0.05) is 4.47 Å². The van der Waals surface area contributed by atoms with E-state index in [1.807, 2.05) is 0 Å². The van der Waals surface area contributed by atoms with Gasteiger partial charge in [-0.15, -0.1) is 0 Å². The van der Waals surface area contributed by atoms with Gasteiger partial charge < -0.3 is 9.84 Å². The fourth-order valence-electron chi connectivity index (χ4n) is 2.00. The number of halogens is 2. The predicted molar refractivity (Wildman–Crippen MR) is 102 cm³/mol. The Balaban J connectivity index is 2.54. The number of nitrogens with zero attached hydrogens (tertiary/aromatic N) is 1. The Hall–Kier alpha value is -1.82. The molecule has 8 heteroatoms. The molecule has 0 fully saturated rings. The molecule has 0 aliphatic heterocycles. The van der Waals surface area contributed by atoms with Crippen molar-refractivity contribution >= 4 is 47.8 Å². The predicted octanol–water partition coefficient (Wildman–Crippen LogP) is 4.65. The van der Waals surface area contributed by atoms with Gasteiger partial charge in [0.15, 0.2) is 11.5 Å². The van der Waals surface area contributed by atoms with E-state index in [4.69, 9.17) is 4.74 Å². The highest BCUT2D eigenvalue weighted by molar-refractivity contribution is 9.10. The van der Waals surface area contributed by atoms with Gasteiger partial charge in [-0.05, 0) is 70.9 Å². The van der Waals surface area contributed by atoms with Crippen molar-refractivity contribution < 1.29 is 18.3 Å². The first-order chi connectivity index (χ1) is 11.8. The lowest BCUT2D eigenvalue weighted by Gasteiger charge is -2.09. The molecular weight excluding hydrogens is 474 g/mol. The van der Waals surface area contributed by atoms with Crippen LogP contribution in [-0.4, -0.2) is 20.1 Å². The summed E-state index contributed by atoms with van der Waals surface area (Å²) in [5.74, 6) is 0.106. The van der Waals surface area contributed by atoms with Crippen molar-refractivity contribution in [3.63, 3.8) is 0 Å². The van der Waals surface area contributed by atoms with Gasteiger partial charge in [0.05, 0.1) is 16.0 Å². The first-order valence-corrected chi connectivity index (χ1v) is 10.1. The van der Waals surface area contributed by atoms with Crippen LogP contribution in [0.2, 0.25) is 0 Å². The largest absolute Gasteiger partial charge is 0.503 e. The van der Waals surface area contributed by atoms with Gasteiger partial charge in [-0.1, -0.05) is 15.9 Å².